The lowest BCUT2D eigenvalue weighted by Gasteiger charge is -2.41. The number of methoxy groups -OCH3 is 1. The molecule has 1 heterocycles. The van der Waals surface area contributed by atoms with Gasteiger partial charge in [0.25, 0.3) is 0 Å². The number of hydrogen-bond donors (Lipinski definition) is 1. The van der Waals surface area contributed by atoms with Crippen molar-refractivity contribution in [2.75, 3.05) is 13.7 Å². The van der Waals surface area contributed by atoms with Gasteiger partial charge < -0.3 is 24.3 Å². The fraction of sp³-hybridized carbons (Fsp3) is 0.279. The van der Waals surface area contributed by atoms with Crippen molar-refractivity contribution in [1.82, 2.24) is 5.32 Å². The van der Waals surface area contributed by atoms with Crippen LogP contribution in [0.25, 0.3) is 0 Å². The van der Waals surface area contributed by atoms with Gasteiger partial charge in [-0.1, -0.05) is 91.0 Å². The first kappa shape index (κ1) is 33.7. The molecule has 5 aromatic carbocycles. The number of carbonyl (C=O) groups excluding carboxylic acids is 1. The molecule has 6 nitrogen and oxygen atoms in total. The third kappa shape index (κ3) is 8.82. The first-order valence-corrected chi connectivity index (χ1v) is 17.0. The van der Waals surface area contributed by atoms with E-state index in [0.717, 1.165) is 39.3 Å². The average Bonchev–Trinajstić information content (AvgIpc) is 3.12. The molecule has 5 aromatic rings. The molecule has 1 aliphatic heterocycles. The highest BCUT2D eigenvalue weighted by molar-refractivity contribution is 5.84. The van der Waals surface area contributed by atoms with E-state index in [1.54, 1.807) is 7.11 Å². The predicted molar refractivity (Wildman–Crippen MR) is 193 cm³/mol. The van der Waals surface area contributed by atoms with E-state index in [2.05, 4.69) is 66.0 Å². The van der Waals surface area contributed by atoms with Gasteiger partial charge in [-0.25, -0.2) is 0 Å². The van der Waals surface area contributed by atoms with Crippen LogP contribution in [0, 0.1) is 5.41 Å². The molecule has 6 heteroatoms. The number of rotatable bonds is 14. The molecule has 1 atom stereocenters. The highest BCUT2D eigenvalue weighted by atomic mass is 16.5. The van der Waals surface area contributed by atoms with Crippen LogP contribution in [0.2, 0.25) is 0 Å². The highest BCUT2D eigenvalue weighted by Gasteiger charge is 2.44. The quantitative estimate of drug-likeness (QED) is 0.130. The number of hydrogen-bond acceptors (Lipinski definition) is 5. The van der Waals surface area contributed by atoms with Gasteiger partial charge in [-0.05, 0) is 97.3 Å². The molecule has 6 rings (SSSR count). The summed E-state index contributed by atoms with van der Waals surface area (Å²) in [6, 6.07) is 42.7. The molecular formula is C43H45NO5. The Kier molecular flexibility index (Phi) is 10.8. The van der Waals surface area contributed by atoms with Gasteiger partial charge in [-0.15, -0.1) is 0 Å². The third-order valence-corrected chi connectivity index (χ3v) is 9.03. The zero-order valence-corrected chi connectivity index (χ0v) is 28.6. The van der Waals surface area contributed by atoms with Gasteiger partial charge >= 0.3 is 0 Å². The number of nitrogens with one attached hydrogen (secondary N) is 1. The maximum absolute atomic E-state index is 14.2. The standard InChI is InChI=1S/C43H45NO5/c1-31(2)49-41-24-36(20-21-40(41)46-3)37-27-43(42(45)44-28-37,25-34-16-10-18-38(22-34)47-29-32-12-6-4-7-13-32)26-35-17-11-19-39(23-35)48-30-33-14-8-5-9-15-33/h4-24,31,37H,25-30H2,1-3H3,(H,44,45)/t37-/m1/s1. The van der Waals surface area contributed by atoms with Gasteiger partial charge in [-0.3, -0.25) is 4.79 Å². The molecule has 1 aliphatic rings. The van der Waals surface area contributed by atoms with Crippen LogP contribution >= 0.6 is 0 Å². The van der Waals surface area contributed by atoms with E-state index in [9.17, 15) is 4.79 Å². The Morgan fingerprint density at radius 1 is 0.673 bits per heavy atom. The molecule has 1 amide bonds. The van der Waals surface area contributed by atoms with Gasteiger partial charge in [0.05, 0.1) is 18.6 Å². The number of piperidine rings is 1. The molecule has 0 unspecified atom stereocenters. The molecule has 0 spiro atoms. The SMILES string of the molecule is COc1ccc([C@H]2CNC(=O)C(Cc3cccc(OCc4ccccc4)c3)(Cc3cccc(OCc4ccccc4)c3)C2)cc1OC(C)C. The minimum absolute atomic E-state index is 0.00192. The Balaban J connectivity index is 1.30. The molecule has 49 heavy (non-hydrogen) atoms. The van der Waals surface area contributed by atoms with Crippen LogP contribution in [0.5, 0.6) is 23.0 Å². The van der Waals surface area contributed by atoms with E-state index in [1.807, 2.05) is 80.6 Å². The minimum Gasteiger partial charge on any atom is -0.493 e. The lowest BCUT2D eigenvalue weighted by Crippen LogP contribution is -2.51. The highest BCUT2D eigenvalue weighted by Crippen LogP contribution is 2.43. The Hall–Kier alpha value is -5.23. The van der Waals surface area contributed by atoms with Crippen molar-refractivity contribution < 1.29 is 23.7 Å². The second-order valence-electron chi connectivity index (χ2n) is 13.2. The van der Waals surface area contributed by atoms with Crippen molar-refractivity contribution in [1.29, 1.82) is 0 Å². The number of carbonyl (C=O) groups is 1. The molecule has 1 saturated heterocycles. The molecule has 0 bridgehead atoms. The van der Waals surface area contributed by atoms with Crippen molar-refractivity contribution in [3.05, 3.63) is 155 Å². The van der Waals surface area contributed by atoms with E-state index in [0.29, 0.717) is 50.5 Å². The lowest BCUT2D eigenvalue weighted by atomic mass is 9.67. The smallest absolute Gasteiger partial charge is 0.226 e. The van der Waals surface area contributed by atoms with E-state index in [1.165, 1.54) is 0 Å². The van der Waals surface area contributed by atoms with Crippen molar-refractivity contribution >= 4 is 5.91 Å². The van der Waals surface area contributed by atoms with Crippen LogP contribution in [-0.2, 0) is 30.8 Å². The first-order chi connectivity index (χ1) is 23.9. The number of ether oxygens (including phenoxy) is 4. The summed E-state index contributed by atoms with van der Waals surface area (Å²) in [4.78, 5) is 14.2. The molecular weight excluding hydrogens is 610 g/mol. The molecule has 0 radical (unpaired) electrons. The molecule has 1 fully saturated rings. The Morgan fingerprint density at radius 2 is 1.22 bits per heavy atom. The molecule has 0 aromatic heterocycles. The van der Waals surface area contributed by atoms with E-state index < -0.39 is 5.41 Å². The molecule has 1 N–H and O–H groups in total. The summed E-state index contributed by atoms with van der Waals surface area (Å²) in [7, 11) is 1.66. The summed E-state index contributed by atoms with van der Waals surface area (Å²) in [6.07, 6.45) is 1.77. The Morgan fingerprint density at radius 3 is 1.76 bits per heavy atom. The van der Waals surface area contributed by atoms with Gasteiger partial charge in [-0.2, -0.15) is 0 Å². The van der Waals surface area contributed by atoms with Crippen molar-refractivity contribution in [3.63, 3.8) is 0 Å². The third-order valence-electron chi connectivity index (χ3n) is 9.03. The zero-order valence-electron chi connectivity index (χ0n) is 28.6. The largest absolute Gasteiger partial charge is 0.493 e. The van der Waals surface area contributed by atoms with Crippen molar-refractivity contribution in [2.45, 2.75) is 58.3 Å². The van der Waals surface area contributed by atoms with Crippen LogP contribution in [0.1, 0.15) is 54.0 Å². The monoisotopic (exact) mass is 655 g/mol. The van der Waals surface area contributed by atoms with Crippen LogP contribution < -0.4 is 24.3 Å². The van der Waals surface area contributed by atoms with Gasteiger partial charge in [0.1, 0.15) is 24.7 Å². The van der Waals surface area contributed by atoms with Crippen molar-refractivity contribution in [2.24, 2.45) is 5.41 Å². The van der Waals surface area contributed by atoms with Crippen LogP contribution in [-0.4, -0.2) is 25.7 Å². The fourth-order valence-electron chi connectivity index (χ4n) is 6.69. The Labute approximate surface area is 290 Å². The van der Waals surface area contributed by atoms with E-state index >= 15 is 0 Å². The van der Waals surface area contributed by atoms with Crippen molar-refractivity contribution in [3.8, 4) is 23.0 Å². The summed E-state index contributed by atoms with van der Waals surface area (Å²) in [6.45, 7) is 5.52. The summed E-state index contributed by atoms with van der Waals surface area (Å²) < 4.78 is 24.1. The zero-order chi connectivity index (χ0) is 34.1. The lowest BCUT2D eigenvalue weighted by molar-refractivity contribution is -0.134. The van der Waals surface area contributed by atoms with Gasteiger partial charge in [0.15, 0.2) is 11.5 Å². The Bertz CT molecular complexity index is 1730. The van der Waals surface area contributed by atoms with Crippen LogP contribution in [0.4, 0.5) is 0 Å². The first-order valence-electron chi connectivity index (χ1n) is 17.0. The molecule has 0 saturated carbocycles. The van der Waals surface area contributed by atoms with E-state index in [-0.39, 0.29) is 17.9 Å². The summed E-state index contributed by atoms with van der Waals surface area (Å²) in [5.74, 6) is 3.11. The molecule has 0 aliphatic carbocycles. The second-order valence-corrected chi connectivity index (χ2v) is 13.2. The van der Waals surface area contributed by atoms with Gasteiger partial charge in [0.2, 0.25) is 5.91 Å². The second kappa shape index (κ2) is 15.8. The number of benzene rings is 5. The maximum Gasteiger partial charge on any atom is 0.226 e. The summed E-state index contributed by atoms with van der Waals surface area (Å²) >= 11 is 0. The van der Waals surface area contributed by atoms with Crippen LogP contribution in [0.3, 0.4) is 0 Å². The normalized spacial score (nSPS) is 15.3. The maximum atomic E-state index is 14.2. The summed E-state index contributed by atoms with van der Waals surface area (Å²) in [5.41, 5.74) is 4.70. The van der Waals surface area contributed by atoms with Gasteiger partial charge in [0, 0.05) is 12.5 Å². The molecule has 252 valence electrons. The van der Waals surface area contributed by atoms with E-state index in [4.69, 9.17) is 18.9 Å². The summed E-state index contributed by atoms with van der Waals surface area (Å²) in [5, 5.41) is 3.30. The minimum atomic E-state index is -0.724. The average molecular weight is 656 g/mol. The van der Waals surface area contributed by atoms with Crippen LogP contribution in [0.15, 0.2) is 127 Å². The fourth-order valence-corrected chi connectivity index (χ4v) is 6.69. The predicted octanol–water partition coefficient (Wildman–Crippen LogP) is 8.72. The number of amides is 1. The topological polar surface area (TPSA) is 66.0 Å².